The molecule has 0 N–H and O–H groups in total. The Hall–Kier alpha value is -3.52. The lowest BCUT2D eigenvalue weighted by molar-refractivity contribution is -0.0963. The summed E-state index contributed by atoms with van der Waals surface area (Å²) in [5.41, 5.74) is 4.00. The highest BCUT2D eigenvalue weighted by Gasteiger charge is 2.44. The number of carbonyl (C=O) groups excluding carboxylic acids is 1. The minimum atomic E-state index is -0.427. The van der Waals surface area contributed by atoms with E-state index in [-0.39, 0.29) is 5.91 Å². The van der Waals surface area contributed by atoms with Gasteiger partial charge in [-0.25, -0.2) is 14.2 Å². The molecule has 5 heterocycles. The lowest BCUT2D eigenvalue weighted by Crippen LogP contribution is -2.48. The molecule has 8 nitrogen and oxygen atoms in total. The molecule has 0 saturated carbocycles. The second-order valence-electron chi connectivity index (χ2n) is 8.11. The van der Waals surface area contributed by atoms with Gasteiger partial charge in [0.05, 0.1) is 24.2 Å². The van der Waals surface area contributed by atoms with Crippen LogP contribution in [0.15, 0.2) is 61.2 Å². The fourth-order valence-corrected chi connectivity index (χ4v) is 4.71. The number of ether oxygens (including phenoxy) is 1. The summed E-state index contributed by atoms with van der Waals surface area (Å²) in [6.07, 6.45) is 9.52. The highest BCUT2D eigenvalue weighted by atomic mass is 16.5. The van der Waals surface area contributed by atoms with Crippen LogP contribution in [-0.4, -0.2) is 54.9 Å². The monoisotopic (exact) mass is 414 g/mol. The van der Waals surface area contributed by atoms with Gasteiger partial charge >= 0.3 is 0 Å². The Kier molecular flexibility index (Phi) is 4.14. The zero-order valence-electron chi connectivity index (χ0n) is 17.0. The van der Waals surface area contributed by atoms with Crippen molar-refractivity contribution in [3.8, 4) is 5.69 Å². The summed E-state index contributed by atoms with van der Waals surface area (Å²) in [6.45, 7) is 1.90. The van der Waals surface area contributed by atoms with Crippen molar-refractivity contribution in [2.24, 2.45) is 0 Å². The number of likely N-dealkylation sites (tertiary alicyclic amines) is 1. The van der Waals surface area contributed by atoms with Gasteiger partial charge in [0.1, 0.15) is 11.2 Å². The number of aromatic nitrogens is 5. The normalized spacial score (nSPS) is 17.7. The maximum absolute atomic E-state index is 13.2. The predicted molar refractivity (Wildman–Crippen MR) is 113 cm³/mol. The molecule has 4 aromatic rings. The number of hydrogen-bond acceptors (Lipinski definition) is 5. The number of fused-ring (bicyclic) bond motifs is 3. The van der Waals surface area contributed by atoms with E-state index in [1.165, 1.54) is 5.56 Å². The quantitative estimate of drug-likeness (QED) is 0.504. The minimum absolute atomic E-state index is 0.0330. The topological polar surface area (TPSA) is 77.5 Å². The highest BCUT2D eigenvalue weighted by Crippen LogP contribution is 2.41. The number of amides is 1. The van der Waals surface area contributed by atoms with Gasteiger partial charge in [-0.15, -0.1) is 0 Å². The molecule has 6 rings (SSSR count). The van der Waals surface area contributed by atoms with Gasteiger partial charge in [-0.1, -0.05) is 18.2 Å². The zero-order chi connectivity index (χ0) is 20.8. The number of piperidine rings is 1. The van der Waals surface area contributed by atoms with E-state index in [9.17, 15) is 4.79 Å². The molecule has 1 spiro atoms. The maximum atomic E-state index is 13.2. The Morgan fingerprint density at radius 2 is 1.94 bits per heavy atom. The van der Waals surface area contributed by atoms with Crippen LogP contribution < -0.4 is 0 Å². The summed E-state index contributed by atoms with van der Waals surface area (Å²) in [5, 5.41) is 9.17. The summed E-state index contributed by atoms with van der Waals surface area (Å²) in [7, 11) is 0. The smallest absolute Gasteiger partial charge is 0.259 e. The van der Waals surface area contributed by atoms with Gasteiger partial charge < -0.3 is 9.64 Å². The Morgan fingerprint density at radius 1 is 1.10 bits per heavy atom. The van der Waals surface area contributed by atoms with Crippen LogP contribution in [0.25, 0.3) is 11.3 Å². The van der Waals surface area contributed by atoms with E-state index < -0.39 is 5.60 Å². The lowest BCUT2D eigenvalue weighted by Gasteiger charge is -2.42. The Morgan fingerprint density at radius 3 is 2.77 bits per heavy atom. The first kappa shape index (κ1) is 18.3. The van der Waals surface area contributed by atoms with Gasteiger partial charge in [-0.2, -0.15) is 10.2 Å². The van der Waals surface area contributed by atoms with Crippen LogP contribution in [0.2, 0.25) is 0 Å². The van der Waals surface area contributed by atoms with Crippen molar-refractivity contribution >= 4 is 11.6 Å². The van der Waals surface area contributed by atoms with Crippen molar-refractivity contribution < 1.29 is 9.53 Å². The van der Waals surface area contributed by atoms with Gasteiger partial charge in [0.2, 0.25) is 0 Å². The van der Waals surface area contributed by atoms with Gasteiger partial charge in [-0.05, 0) is 43.0 Å². The van der Waals surface area contributed by atoms with Crippen LogP contribution in [-0.2, 0) is 16.8 Å². The fraction of sp³-hybridized carbons (Fsp3) is 0.304. The summed E-state index contributed by atoms with van der Waals surface area (Å²) >= 11 is 0. The molecule has 0 unspecified atom stereocenters. The van der Waals surface area contributed by atoms with Gasteiger partial charge in [-0.3, -0.25) is 4.79 Å². The molecule has 0 bridgehead atoms. The number of carbonyl (C=O) groups is 1. The van der Waals surface area contributed by atoms with Gasteiger partial charge in [0, 0.05) is 31.7 Å². The number of hydrogen-bond donors (Lipinski definition) is 0. The van der Waals surface area contributed by atoms with Gasteiger partial charge in [0.15, 0.2) is 5.65 Å². The molecule has 8 heteroatoms. The number of benzene rings is 1. The van der Waals surface area contributed by atoms with Crippen molar-refractivity contribution in [1.82, 2.24) is 29.3 Å². The van der Waals surface area contributed by atoms with Crippen LogP contribution >= 0.6 is 0 Å². The molecular formula is C23H22N6O2. The summed E-state index contributed by atoms with van der Waals surface area (Å²) in [4.78, 5) is 19.3. The second-order valence-corrected chi connectivity index (χ2v) is 8.11. The molecule has 1 fully saturated rings. The Labute approximate surface area is 179 Å². The lowest BCUT2D eigenvalue weighted by atomic mass is 9.83. The molecule has 1 amide bonds. The first-order chi connectivity index (χ1) is 15.2. The molecule has 2 aliphatic heterocycles. The summed E-state index contributed by atoms with van der Waals surface area (Å²) in [6, 6.07) is 11.9. The van der Waals surface area contributed by atoms with E-state index in [0.29, 0.717) is 30.9 Å². The first-order valence-corrected chi connectivity index (χ1v) is 10.6. The van der Waals surface area contributed by atoms with Crippen LogP contribution in [0, 0.1) is 0 Å². The van der Waals surface area contributed by atoms with E-state index in [1.807, 2.05) is 27.8 Å². The third-order valence-corrected chi connectivity index (χ3v) is 6.36. The molecule has 2 aliphatic rings. The van der Waals surface area contributed by atoms with Crippen molar-refractivity contribution in [3.63, 3.8) is 0 Å². The fourth-order valence-electron chi connectivity index (χ4n) is 4.71. The van der Waals surface area contributed by atoms with Crippen LogP contribution in [0.1, 0.15) is 34.5 Å². The average molecular weight is 414 g/mol. The molecule has 0 radical (unpaired) electrons. The standard InChI is InChI=1S/C23H22N6O2/c30-22(19-15-25-28-11-4-10-24-21(19)28)27-12-8-23(9-13-27)20-17(7-14-31-23)16-29(26-20)18-5-2-1-3-6-18/h1-6,10-11,15-16H,7-9,12-14H2. The van der Waals surface area contributed by atoms with Crippen molar-refractivity contribution in [3.05, 3.63) is 78.0 Å². The van der Waals surface area contributed by atoms with Crippen molar-refractivity contribution in [2.45, 2.75) is 24.9 Å². The molecule has 31 heavy (non-hydrogen) atoms. The predicted octanol–water partition coefficient (Wildman–Crippen LogP) is 2.62. The van der Waals surface area contributed by atoms with Crippen LogP contribution in [0.3, 0.4) is 0 Å². The molecule has 156 valence electrons. The summed E-state index contributed by atoms with van der Waals surface area (Å²) in [5.74, 6) is -0.0330. The Bertz CT molecular complexity index is 1250. The van der Waals surface area contributed by atoms with Crippen molar-refractivity contribution in [1.29, 1.82) is 0 Å². The summed E-state index contributed by atoms with van der Waals surface area (Å²) < 4.78 is 9.91. The molecule has 0 aliphatic carbocycles. The number of rotatable bonds is 2. The maximum Gasteiger partial charge on any atom is 0.259 e. The van der Waals surface area contributed by atoms with Crippen LogP contribution in [0.5, 0.6) is 0 Å². The molecule has 1 saturated heterocycles. The largest absolute Gasteiger partial charge is 0.368 e. The van der Waals surface area contributed by atoms with Crippen molar-refractivity contribution in [2.75, 3.05) is 19.7 Å². The van der Waals surface area contributed by atoms with E-state index in [0.717, 1.165) is 30.6 Å². The second kappa shape index (κ2) is 7.02. The van der Waals surface area contributed by atoms with E-state index in [1.54, 1.807) is 29.2 Å². The number of nitrogens with zero attached hydrogens (tertiary/aromatic N) is 6. The van der Waals surface area contributed by atoms with Crippen LogP contribution in [0.4, 0.5) is 0 Å². The molecular weight excluding hydrogens is 392 g/mol. The van der Waals surface area contributed by atoms with Gasteiger partial charge in [0.25, 0.3) is 5.91 Å². The molecule has 1 aromatic carbocycles. The third-order valence-electron chi connectivity index (χ3n) is 6.36. The van der Waals surface area contributed by atoms with E-state index in [4.69, 9.17) is 9.84 Å². The average Bonchev–Trinajstić information content (AvgIpc) is 3.45. The molecule has 0 atom stereocenters. The van der Waals surface area contributed by atoms with E-state index >= 15 is 0 Å². The Balaban J connectivity index is 1.25. The SMILES string of the molecule is O=C(c1cnn2cccnc12)N1CCC2(CC1)OCCc1cn(-c3ccccc3)nc12. The van der Waals surface area contributed by atoms with E-state index in [2.05, 4.69) is 28.4 Å². The molecule has 3 aromatic heterocycles. The minimum Gasteiger partial charge on any atom is -0.368 e. The first-order valence-electron chi connectivity index (χ1n) is 10.6. The number of para-hydroxylation sites is 1. The third kappa shape index (κ3) is 2.94. The highest BCUT2D eigenvalue weighted by molar-refractivity contribution is 5.99. The zero-order valence-corrected chi connectivity index (χ0v) is 17.0.